The molecule has 1 aliphatic rings. The molecule has 0 atom stereocenters. The minimum atomic E-state index is -0.138. The number of anilines is 1. The number of rotatable bonds is 3. The van der Waals surface area contributed by atoms with E-state index in [1.165, 1.54) is 0 Å². The Morgan fingerprint density at radius 3 is 2.71 bits per heavy atom. The Hall–Kier alpha value is -2.36. The van der Waals surface area contributed by atoms with E-state index in [0.717, 1.165) is 29.3 Å². The van der Waals surface area contributed by atoms with Gasteiger partial charge >= 0.3 is 0 Å². The molecule has 2 aromatic rings. The predicted octanol–water partition coefficient (Wildman–Crippen LogP) is 2.79. The van der Waals surface area contributed by atoms with E-state index in [2.05, 4.69) is 5.32 Å². The van der Waals surface area contributed by atoms with Crippen LogP contribution >= 0.6 is 0 Å². The van der Waals surface area contributed by atoms with Crippen molar-refractivity contribution in [1.82, 2.24) is 4.90 Å². The van der Waals surface area contributed by atoms with E-state index >= 15 is 0 Å². The second kappa shape index (κ2) is 5.95. The summed E-state index contributed by atoms with van der Waals surface area (Å²) in [6.45, 7) is 0.829. The Bertz CT molecular complexity index is 681. The highest BCUT2D eigenvalue weighted by Gasteiger charge is 2.20. The number of amides is 2. The fourth-order valence-electron chi connectivity index (χ4n) is 2.67. The number of fused-ring (bicyclic) bond motifs is 1. The van der Waals surface area contributed by atoms with E-state index in [0.29, 0.717) is 13.0 Å². The lowest BCUT2D eigenvalue weighted by atomic mass is 10.1. The molecule has 1 aliphatic heterocycles. The molecule has 2 aromatic carbocycles. The largest absolute Gasteiger partial charge is 0.333 e. The van der Waals surface area contributed by atoms with Crippen LogP contribution < -0.4 is 5.32 Å². The van der Waals surface area contributed by atoms with E-state index < -0.39 is 0 Å². The van der Waals surface area contributed by atoms with Crippen LogP contribution in [-0.4, -0.2) is 29.8 Å². The number of carbonyl (C=O) groups excluding carboxylic acids is 2. The van der Waals surface area contributed by atoms with E-state index in [-0.39, 0.29) is 18.4 Å². The number of carbonyl (C=O) groups is 2. The van der Waals surface area contributed by atoms with Gasteiger partial charge in [-0.2, -0.15) is 0 Å². The minimum absolute atomic E-state index is 0.0786. The zero-order valence-electron chi connectivity index (χ0n) is 11.8. The zero-order chi connectivity index (χ0) is 14.7. The minimum Gasteiger partial charge on any atom is -0.333 e. The van der Waals surface area contributed by atoms with Crippen molar-refractivity contribution in [2.45, 2.75) is 19.3 Å². The summed E-state index contributed by atoms with van der Waals surface area (Å²) in [5.41, 5.74) is 0.767. The lowest BCUT2D eigenvalue weighted by molar-refractivity contribution is -0.136. The quantitative estimate of drug-likeness (QED) is 0.941. The normalized spacial score (nSPS) is 15.2. The van der Waals surface area contributed by atoms with Gasteiger partial charge in [-0.05, 0) is 35.7 Å². The SMILES string of the molecule is O=C(CN1CCCCC1=O)Nc1ccc2ccccc2c1. The van der Waals surface area contributed by atoms with Crippen LogP contribution in [0.1, 0.15) is 19.3 Å². The highest BCUT2D eigenvalue weighted by molar-refractivity contribution is 5.97. The average Bonchev–Trinajstić information content (AvgIpc) is 2.49. The molecule has 21 heavy (non-hydrogen) atoms. The number of nitrogens with one attached hydrogen (secondary N) is 1. The number of nitrogens with zero attached hydrogens (tertiary/aromatic N) is 1. The predicted molar refractivity (Wildman–Crippen MR) is 83.0 cm³/mol. The summed E-state index contributed by atoms with van der Waals surface area (Å²) in [7, 11) is 0. The summed E-state index contributed by atoms with van der Waals surface area (Å²) in [6.07, 6.45) is 2.47. The second-order valence-electron chi connectivity index (χ2n) is 5.38. The lowest BCUT2D eigenvalue weighted by Crippen LogP contribution is -2.40. The molecule has 0 bridgehead atoms. The molecule has 1 heterocycles. The van der Waals surface area contributed by atoms with Gasteiger partial charge in [0.05, 0.1) is 6.54 Å². The fourth-order valence-corrected chi connectivity index (χ4v) is 2.67. The molecule has 0 aliphatic carbocycles. The van der Waals surface area contributed by atoms with Crippen molar-refractivity contribution in [3.05, 3.63) is 42.5 Å². The van der Waals surface area contributed by atoms with Crippen molar-refractivity contribution in [3.63, 3.8) is 0 Å². The molecule has 1 fully saturated rings. The molecular formula is C17H18N2O2. The molecule has 4 heteroatoms. The average molecular weight is 282 g/mol. The van der Waals surface area contributed by atoms with E-state index in [1.54, 1.807) is 4.90 Å². The highest BCUT2D eigenvalue weighted by Crippen LogP contribution is 2.19. The van der Waals surface area contributed by atoms with E-state index in [1.807, 2.05) is 42.5 Å². The molecule has 1 N–H and O–H groups in total. The number of hydrogen-bond donors (Lipinski definition) is 1. The van der Waals surface area contributed by atoms with Gasteiger partial charge in [-0.1, -0.05) is 30.3 Å². The third-order valence-corrected chi connectivity index (χ3v) is 3.79. The molecule has 2 amide bonds. The van der Waals surface area contributed by atoms with Crippen molar-refractivity contribution in [2.75, 3.05) is 18.4 Å². The molecule has 3 rings (SSSR count). The topological polar surface area (TPSA) is 49.4 Å². The molecule has 0 spiro atoms. The van der Waals surface area contributed by atoms with Gasteiger partial charge in [-0.3, -0.25) is 9.59 Å². The van der Waals surface area contributed by atoms with Crippen LogP contribution in [0, 0.1) is 0 Å². The van der Waals surface area contributed by atoms with Gasteiger partial charge in [0.2, 0.25) is 11.8 Å². The molecule has 4 nitrogen and oxygen atoms in total. The van der Waals surface area contributed by atoms with Crippen molar-refractivity contribution >= 4 is 28.3 Å². The van der Waals surface area contributed by atoms with Crippen LogP contribution in [0.2, 0.25) is 0 Å². The van der Waals surface area contributed by atoms with Crippen molar-refractivity contribution in [2.24, 2.45) is 0 Å². The highest BCUT2D eigenvalue weighted by atomic mass is 16.2. The monoisotopic (exact) mass is 282 g/mol. The number of benzene rings is 2. The lowest BCUT2D eigenvalue weighted by Gasteiger charge is -2.25. The maximum absolute atomic E-state index is 12.1. The maximum Gasteiger partial charge on any atom is 0.243 e. The maximum atomic E-state index is 12.1. The van der Waals surface area contributed by atoms with Crippen LogP contribution in [0.3, 0.4) is 0 Å². The van der Waals surface area contributed by atoms with Gasteiger partial charge in [0, 0.05) is 18.7 Å². The molecule has 1 saturated heterocycles. The van der Waals surface area contributed by atoms with Gasteiger partial charge in [0.25, 0.3) is 0 Å². The Morgan fingerprint density at radius 1 is 1.10 bits per heavy atom. The molecule has 0 unspecified atom stereocenters. The molecule has 0 radical (unpaired) electrons. The van der Waals surface area contributed by atoms with Crippen LogP contribution in [0.15, 0.2) is 42.5 Å². The van der Waals surface area contributed by atoms with Gasteiger partial charge in [0.15, 0.2) is 0 Å². The fraction of sp³-hybridized carbons (Fsp3) is 0.294. The van der Waals surface area contributed by atoms with Crippen LogP contribution in [-0.2, 0) is 9.59 Å². The molecule has 0 aromatic heterocycles. The van der Waals surface area contributed by atoms with E-state index in [9.17, 15) is 9.59 Å². The summed E-state index contributed by atoms with van der Waals surface area (Å²) in [5, 5.41) is 5.10. The zero-order valence-corrected chi connectivity index (χ0v) is 11.8. The first kappa shape index (κ1) is 13.6. The molecular weight excluding hydrogens is 264 g/mol. The Labute approximate surface area is 123 Å². The van der Waals surface area contributed by atoms with Crippen LogP contribution in [0.5, 0.6) is 0 Å². The Kier molecular flexibility index (Phi) is 3.86. The second-order valence-corrected chi connectivity index (χ2v) is 5.38. The van der Waals surface area contributed by atoms with Gasteiger partial charge in [-0.25, -0.2) is 0 Å². The third-order valence-electron chi connectivity index (χ3n) is 3.79. The number of hydrogen-bond acceptors (Lipinski definition) is 2. The molecule has 108 valence electrons. The Balaban J connectivity index is 1.66. The van der Waals surface area contributed by atoms with Gasteiger partial charge in [0.1, 0.15) is 0 Å². The summed E-state index contributed by atoms with van der Waals surface area (Å²) in [6, 6.07) is 13.8. The smallest absolute Gasteiger partial charge is 0.243 e. The first-order valence-electron chi connectivity index (χ1n) is 7.29. The number of likely N-dealkylation sites (tertiary alicyclic amines) is 1. The van der Waals surface area contributed by atoms with Crippen LogP contribution in [0.4, 0.5) is 5.69 Å². The Morgan fingerprint density at radius 2 is 1.90 bits per heavy atom. The van der Waals surface area contributed by atoms with Crippen molar-refractivity contribution in [1.29, 1.82) is 0 Å². The van der Waals surface area contributed by atoms with Crippen molar-refractivity contribution in [3.8, 4) is 0 Å². The van der Waals surface area contributed by atoms with E-state index in [4.69, 9.17) is 0 Å². The summed E-state index contributed by atoms with van der Waals surface area (Å²) >= 11 is 0. The first-order valence-corrected chi connectivity index (χ1v) is 7.29. The first-order chi connectivity index (χ1) is 10.2. The molecule has 0 saturated carbocycles. The third kappa shape index (κ3) is 3.21. The summed E-state index contributed by atoms with van der Waals surface area (Å²) < 4.78 is 0. The summed E-state index contributed by atoms with van der Waals surface area (Å²) in [5.74, 6) is -0.0598. The van der Waals surface area contributed by atoms with Crippen LogP contribution in [0.25, 0.3) is 10.8 Å². The van der Waals surface area contributed by atoms with Crippen molar-refractivity contribution < 1.29 is 9.59 Å². The van der Waals surface area contributed by atoms with Gasteiger partial charge in [-0.15, -0.1) is 0 Å². The number of piperidine rings is 1. The van der Waals surface area contributed by atoms with Gasteiger partial charge < -0.3 is 10.2 Å². The standard InChI is InChI=1S/C17H18N2O2/c20-16(12-19-10-4-3-7-17(19)21)18-15-9-8-13-5-1-2-6-14(13)11-15/h1-2,5-6,8-9,11H,3-4,7,10,12H2,(H,18,20). The summed E-state index contributed by atoms with van der Waals surface area (Å²) in [4.78, 5) is 25.4.